The van der Waals surface area contributed by atoms with E-state index in [1.165, 1.54) is 5.56 Å². The topological polar surface area (TPSA) is 57.4 Å². The standard InChI is InChI=1S/C16H20N2O2/c1-2-19-15-5-3-4-14(12-17)16(15)20-11-8-13-6-9-18-10-7-13/h3-7,9-10H,2,8,11-12,17H2,1H3. The molecule has 1 aromatic carbocycles. The van der Waals surface area contributed by atoms with Crippen molar-refractivity contribution in [2.45, 2.75) is 19.9 Å². The van der Waals surface area contributed by atoms with Gasteiger partial charge in [-0.15, -0.1) is 0 Å². The van der Waals surface area contributed by atoms with Gasteiger partial charge in [-0.3, -0.25) is 4.98 Å². The second-order valence-corrected chi connectivity index (χ2v) is 4.34. The van der Waals surface area contributed by atoms with Crippen molar-refractivity contribution in [3.05, 3.63) is 53.9 Å². The summed E-state index contributed by atoms with van der Waals surface area (Å²) in [4.78, 5) is 4.00. The Kier molecular flexibility index (Phi) is 5.38. The molecule has 0 amide bonds. The summed E-state index contributed by atoms with van der Waals surface area (Å²) in [5.74, 6) is 1.51. The molecule has 106 valence electrons. The van der Waals surface area contributed by atoms with Gasteiger partial charge in [-0.1, -0.05) is 12.1 Å². The Labute approximate surface area is 119 Å². The fraction of sp³-hybridized carbons (Fsp3) is 0.312. The molecule has 0 aliphatic rings. The number of pyridine rings is 1. The number of aromatic nitrogens is 1. The van der Waals surface area contributed by atoms with Crippen molar-refractivity contribution in [2.24, 2.45) is 5.73 Å². The van der Waals surface area contributed by atoms with E-state index in [0.717, 1.165) is 23.5 Å². The van der Waals surface area contributed by atoms with E-state index in [-0.39, 0.29) is 0 Å². The van der Waals surface area contributed by atoms with E-state index in [1.54, 1.807) is 12.4 Å². The van der Waals surface area contributed by atoms with Gasteiger partial charge in [0.1, 0.15) is 0 Å². The first kappa shape index (κ1) is 14.3. The minimum absolute atomic E-state index is 0.436. The summed E-state index contributed by atoms with van der Waals surface area (Å²) < 4.78 is 11.5. The number of para-hydroxylation sites is 1. The number of hydrogen-bond donors (Lipinski definition) is 1. The van der Waals surface area contributed by atoms with Crippen LogP contribution in [0.4, 0.5) is 0 Å². The third-order valence-electron chi connectivity index (χ3n) is 2.97. The molecule has 0 radical (unpaired) electrons. The maximum absolute atomic E-state index is 5.89. The summed E-state index contributed by atoms with van der Waals surface area (Å²) in [6, 6.07) is 9.78. The van der Waals surface area contributed by atoms with Gasteiger partial charge in [0, 0.05) is 30.9 Å². The van der Waals surface area contributed by atoms with Gasteiger partial charge in [-0.25, -0.2) is 0 Å². The molecule has 0 unspecified atom stereocenters. The molecule has 2 aromatic rings. The van der Waals surface area contributed by atoms with Crippen molar-refractivity contribution in [3.8, 4) is 11.5 Å². The smallest absolute Gasteiger partial charge is 0.165 e. The van der Waals surface area contributed by atoms with Gasteiger partial charge in [0.2, 0.25) is 0 Å². The van der Waals surface area contributed by atoms with Crippen LogP contribution in [0.2, 0.25) is 0 Å². The van der Waals surface area contributed by atoms with Gasteiger partial charge in [0.25, 0.3) is 0 Å². The van der Waals surface area contributed by atoms with Crippen LogP contribution >= 0.6 is 0 Å². The van der Waals surface area contributed by atoms with Crippen molar-refractivity contribution in [2.75, 3.05) is 13.2 Å². The van der Waals surface area contributed by atoms with Crippen LogP contribution in [0.3, 0.4) is 0 Å². The molecule has 1 heterocycles. The van der Waals surface area contributed by atoms with Crippen molar-refractivity contribution in [1.29, 1.82) is 0 Å². The predicted molar refractivity (Wildman–Crippen MR) is 78.9 cm³/mol. The highest BCUT2D eigenvalue weighted by Gasteiger charge is 2.09. The molecular weight excluding hydrogens is 252 g/mol. The highest BCUT2D eigenvalue weighted by Crippen LogP contribution is 2.31. The monoisotopic (exact) mass is 272 g/mol. The summed E-state index contributed by atoms with van der Waals surface area (Å²) in [7, 11) is 0. The Balaban J connectivity index is 2.04. The highest BCUT2D eigenvalue weighted by molar-refractivity contribution is 5.46. The number of nitrogens with two attached hydrogens (primary N) is 1. The summed E-state index contributed by atoms with van der Waals surface area (Å²) in [6.45, 7) is 3.58. The number of rotatable bonds is 7. The van der Waals surface area contributed by atoms with Crippen LogP contribution in [0.5, 0.6) is 11.5 Å². The van der Waals surface area contributed by atoms with Crippen LogP contribution in [0.15, 0.2) is 42.7 Å². The van der Waals surface area contributed by atoms with E-state index in [9.17, 15) is 0 Å². The lowest BCUT2D eigenvalue weighted by Gasteiger charge is -2.15. The molecule has 20 heavy (non-hydrogen) atoms. The Morgan fingerprint density at radius 1 is 1.10 bits per heavy atom. The molecule has 0 fully saturated rings. The van der Waals surface area contributed by atoms with Crippen molar-refractivity contribution >= 4 is 0 Å². The lowest BCUT2D eigenvalue weighted by atomic mass is 10.2. The largest absolute Gasteiger partial charge is 0.490 e. The first-order chi connectivity index (χ1) is 9.85. The number of hydrogen-bond acceptors (Lipinski definition) is 4. The Bertz CT molecular complexity index is 529. The molecule has 0 saturated heterocycles. The van der Waals surface area contributed by atoms with E-state index in [0.29, 0.717) is 19.8 Å². The van der Waals surface area contributed by atoms with Crippen molar-refractivity contribution in [1.82, 2.24) is 4.98 Å². The summed E-state index contributed by atoms with van der Waals surface area (Å²) >= 11 is 0. The molecule has 0 aliphatic heterocycles. The molecule has 0 atom stereocenters. The van der Waals surface area contributed by atoms with E-state index < -0.39 is 0 Å². The summed E-state index contributed by atoms with van der Waals surface area (Å²) in [6.07, 6.45) is 4.40. The fourth-order valence-corrected chi connectivity index (χ4v) is 1.98. The van der Waals surface area contributed by atoms with E-state index >= 15 is 0 Å². The van der Waals surface area contributed by atoms with Gasteiger partial charge in [-0.05, 0) is 30.7 Å². The fourth-order valence-electron chi connectivity index (χ4n) is 1.98. The van der Waals surface area contributed by atoms with Gasteiger partial charge in [-0.2, -0.15) is 0 Å². The van der Waals surface area contributed by atoms with Gasteiger partial charge < -0.3 is 15.2 Å². The maximum atomic E-state index is 5.89. The second-order valence-electron chi connectivity index (χ2n) is 4.34. The molecule has 4 heteroatoms. The third-order valence-corrected chi connectivity index (χ3v) is 2.97. The highest BCUT2D eigenvalue weighted by atomic mass is 16.5. The molecule has 1 aromatic heterocycles. The number of benzene rings is 1. The normalized spacial score (nSPS) is 10.3. The number of ether oxygens (including phenoxy) is 2. The second kappa shape index (κ2) is 7.50. The van der Waals surface area contributed by atoms with Crippen molar-refractivity contribution in [3.63, 3.8) is 0 Å². The minimum atomic E-state index is 0.436. The molecule has 4 nitrogen and oxygen atoms in total. The molecule has 0 saturated carbocycles. The zero-order valence-electron chi connectivity index (χ0n) is 11.7. The Morgan fingerprint density at radius 2 is 1.90 bits per heavy atom. The zero-order valence-corrected chi connectivity index (χ0v) is 11.7. The Morgan fingerprint density at radius 3 is 2.60 bits per heavy atom. The lowest BCUT2D eigenvalue weighted by Crippen LogP contribution is -2.08. The van der Waals surface area contributed by atoms with Gasteiger partial charge >= 0.3 is 0 Å². The minimum Gasteiger partial charge on any atom is -0.490 e. The predicted octanol–water partition coefficient (Wildman–Crippen LogP) is 2.56. The first-order valence-electron chi connectivity index (χ1n) is 6.81. The van der Waals surface area contributed by atoms with Gasteiger partial charge in [0.05, 0.1) is 13.2 Å². The van der Waals surface area contributed by atoms with Crippen molar-refractivity contribution < 1.29 is 9.47 Å². The molecule has 0 spiro atoms. The average Bonchev–Trinajstić information content (AvgIpc) is 2.50. The number of nitrogens with zero attached hydrogens (tertiary/aromatic N) is 1. The molecule has 2 N–H and O–H groups in total. The first-order valence-corrected chi connectivity index (χ1v) is 6.81. The van der Waals surface area contributed by atoms with Crippen LogP contribution in [0, 0.1) is 0 Å². The van der Waals surface area contributed by atoms with E-state index in [1.807, 2.05) is 37.3 Å². The van der Waals surface area contributed by atoms with Gasteiger partial charge in [0.15, 0.2) is 11.5 Å². The lowest BCUT2D eigenvalue weighted by molar-refractivity contribution is 0.276. The molecular formula is C16H20N2O2. The summed E-state index contributed by atoms with van der Waals surface area (Å²) in [5, 5.41) is 0. The summed E-state index contributed by atoms with van der Waals surface area (Å²) in [5.41, 5.74) is 7.92. The zero-order chi connectivity index (χ0) is 14.2. The van der Waals surface area contributed by atoms with Crippen LogP contribution in [-0.4, -0.2) is 18.2 Å². The van der Waals surface area contributed by atoms with Crippen LogP contribution < -0.4 is 15.2 Å². The maximum Gasteiger partial charge on any atom is 0.165 e. The SMILES string of the molecule is CCOc1cccc(CN)c1OCCc1ccncc1. The average molecular weight is 272 g/mol. The third kappa shape index (κ3) is 3.71. The molecule has 0 aliphatic carbocycles. The van der Waals surface area contributed by atoms with E-state index in [2.05, 4.69) is 4.98 Å². The Hall–Kier alpha value is -2.07. The van der Waals surface area contributed by atoms with Crippen LogP contribution in [0.1, 0.15) is 18.1 Å². The molecule has 0 bridgehead atoms. The van der Waals surface area contributed by atoms with E-state index in [4.69, 9.17) is 15.2 Å². The molecule has 2 rings (SSSR count). The van der Waals surface area contributed by atoms with Crippen LogP contribution in [-0.2, 0) is 13.0 Å². The quantitative estimate of drug-likeness (QED) is 0.841. The van der Waals surface area contributed by atoms with Crippen LogP contribution in [0.25, 0.3) is 0 Å².